The molecule has 0 saturated carbocycles. The van der Waals surface area contributed by atoms with E-state index in [0.29, 0.717) is 5.56 Å². The summed E-state index contributed by atoms with van der Waals surface area (Å²) < 4.78 is 0. The molecule has 0 radical (unpaired) electrons. The van der Waals surface area contributed by atoms with Crippen LogP contribution in [0.5, 0.6) is 0 Å². The molecule has 0 fully saturated rings. The second-order valence-corrected chi connectivity index (χ2v) is 4.94. The van der Waals surface area contributed by atoms with Gasteiger partial charge >= 0.3 is 0 Å². The van der Waals surface area contributed by atoms with Gasteiger partial charge in [-0.25, -0.2) is 0 Å². The number of hydrogen-bond donors (Lipinski definition) is 0. The highest BCUT2D eigenvalue weighted by Crippen LogP contribution is 2.22. The topological polar surface area (TPSA) is 52.8 Å². The van der Waals surface area contributed by atoms with Crippen LogP contribution in [0.2, 0.25) is 0 Å². The van der Waals surface area contributed by atoms with E-state index in [4.69, 9.17) is 5.26 Å². The lowest BCUT2D eigenvalue weighted by atomic mass is 10.1. The Morgan fingerprint density at radius 3 is 2.56 bits per heavy atom. The van der Waals surface area contributed by atoms with Gasteiger partial charge in [-0.15, -0.1) is 16.9 Å². The lowest BCUT2D eigenvalue weighted by Gasteiger charge is -2.09. The van der Waals surface area contributed by atoms with E-state index < -0.39 is 0 Å². The van der Waals surface area contributed by atoms with Crippen LogP contribution in [0.25, 0.3) is 0 Å². The molecule has 1 aromatic heterocycles. The summed E-state index contributed by atoms with van der Waals surface area (Å²) in [7, 11) is 4.05. The number of aryl methyl sites for hydroxylation is 1. The Balaban J connectivity index is 2.81. The summed E-state index contributed by atoms with van der Waals surface area (Å²) in [6.45, 7) is 4.75. The van der Waals surface area contributed by atoms with Gasteiger partial charge in [-0.2, -0.15) is 10.4 Å². The van der Waals surface area contributed by atoms with Gasteiger partial charge in [-0.3, -0.25) is 0 Å². The zero-order chi connectivity index (χ0) is 12.1. The van der Waals surface area contributed by atoms with E-state index in [1.165, 1.54) is 0 Å². The van der Waals surface area contributed by atoms with E-state index in [9.17, 15) is 0 Å². The maximum atomic E-state index is 9.09. The van der Waals surface area contributed by atoms with Gasteiger partial charge in [-0.1, -0.05) is 0 Å². The van der Waals surface area contributed by atoms with Crippen LogP contribution in [0, 0.1) is 25.2 Å². The molecule has 0 aliphatic carbocycles. The predicted molar refractivity (Wildman–Crippen MR) is 65.5 cm³/mol. The molecule has 0 unspecified atom stereocenters. The van der Waals surface area contributed by atoms with Crippen LogP contribution >= 0.6 is 11.8 Å². The number of aromatic nitrogens is 2. The first kappa shape index (κ1) is 12.9. The number of nitriles is 1. The predicted octanol–water partition coefficient (Wildman–Crippen LogP) is 1.62. The molecule has 4 nitrogen and oxygen atoms in total. The molecule has 0 bridgehead atoms. The standard InChI is InChI=1S/C11H16N4S/c1-8-9(2)13-14-11(10(8)7-12)16-6-5-15(3)4/h5-6H2,1-4H3. The van der Waals surface area contributed by atoms with Crippen LogP contribution in [-0.4, -0.2) is 41.5 Å². The van der Waals surface area contributed by atoms with Gasteiger partial charge in [0.15, 0.2) is 0 Å². The van der Waals surface area contributed by atoms with Crippen molar-refractivity contribution in [2.24, 2.45) is 0 Å². The van der Waals surface area contributed by atoms with E-state index in [1.807, 2.05) is 27.9 Å². The normalized spacial score (nSPS) is 10.5. The average Bonchev–Trinajstić information content (AvgIpc) is 2.23. The van der Waals surface area contributed by atoms with Gasteiger partial charge in [0.05, 0.1) is 11.3 Å². The van der Waals surface area contributed by atoms with Crippen LogP contribution < -0.4 is 0 Å². The lowest BCUT2D eigenvalue weighted by Crippen LogP contribution is -2.15. The van der Waals surface area contributed by atoms with Gasteiger partial charge < -0.3 is 4.90 Å². The maximum Gasteiger partial charge on any atom is 0.137 e. The van der Waals surface area contributed by atoms with Crippen LogP contribution in [-0.2, 0) is 0 Å². The van der Waals surface area contributed by atoms with E-state index >= 15 is 0 Å². The first-order valence-electron chi connectivity index (χ1n) is 5.07. The van der Waals surface area contributed by atoms with Crippen molar-refractivity contribution in [3.63, 3.8) is 0 Å². The summed E-state index contributed by atoms with van der Waals surface area (Å²) in [5.74, 6) is 0.916. The average molecular weight is 236 g/mol. The second kappa shape index (κ2) is 5.83. The molecule has 1 aromatic rings. The quantitative estimate of drug-likeness (QED) is 0.744. The smallest absolute Gasteiger partial charge is 0.137 e. The SMILES string of the molecule is Cc1nnc(SCCN(C)C)c(C#N)c1C. The molecule has 5 heteroatoms. The Morgan fingerprint density at radius 1 is 1.31 bits per heavy atom. The van der Waals surface area contributed by atoms with E-state index in [2.05, 4.69) is 21.2 Å². The molecule has 0 atom stereocenters. The summed E-state index contributed by atoms with van der Waals surface area (Å²) in [4.78, 5) is 2.10. The molecule has 0 aliphatic rings. The third-order valence-electron chi connectivity index (χ3n) is 2.31. The van der Waals surface area contributed by atoms with Crippen LogP contribution in [0.1, 0.15) is 16.8 Å². The van der Waals surface area contributed by atoms with Crippen molar-refractivity contribution in [1.29, 1.82) is 5.26 Å². The van der Waals surface area contributed by atoms with Crippen molar-refractivity contribution < 1.29 is 0 Å². The lowest BCUT2D eigenvalue weighted by molar-refractivity contribution is 0.437. The fourth-order valence-corrected chi connectivity index (χ4v) is 2.24. The zero-order valence-corrected chi connectivity index (χ0v) is 10.9. The molecule has 1 heterocycles. The minimum Gasteiger partial charge on any atom is -0.309 e. The monoisotopic (exact) mass is 236 g/mol. The number of thioether (sulfide) groups is 1. The highest BCUT2D eigenvalue weighted by Gasteiger charge is 2.10. The molecule has 0 amide bonds. The summed E-state index contributed by atoms with van der Waals surface area (Å²) in [5.41, 5.74) is 2.43. The molecule has 0 aliphatic heterocycles. The van der Waals surface area contributed by atoms with Gasteiger partial charge in [0.2, 0.25) is 0 Å². The fraction of sp³-hybridized carbons (Fsp3) is 0.545. The summed E-state index contributed by atoms with van der Waals surface area (Å²) in [5, 5.41) is 18.0. The van der Waals surface area contributed by atoms with Crippen LogP contribution in [0.15, 0.2) is 5.03 Å². The van der Waals surface area contributed by atoms with Crippen molar-refractivity contribution in [1.82, 2.24) is 15.1 Å². The summed E-state index contributed by atoms with van der Waals surface area (Å²) in [6, 6.07) is 2.21. The van der Waals surface area contributed by atoms with Crippen molar-refractivity contribution in [2.75, 3.05) is 26.4 Å². The summed E-state index contributed by atoms with van der Waals surface area (Å²) >= 11 is 1.59. The Bertz CT molecular complexity index is 409. The molecular formula is C11H16N4S. The highest BCUT2D eigenvalue weighted by molar-refractivity contribution is 7.99. The van der Waals surface area contributed by atoms with Crippen molar-refractivity contribution >= 4 is 11.8 Å². The van der Waals surface area contributed by atoms with Crippen LogP contribution in [0.3, 0.4) is 0 Å². The Morgan fingerprint density at radius 2 is 2.00 bits per heavy atom. The largest absolute Gasteiger partial charge is 0.309 e. The molecule has 86 valence electrons. The Hall–Kier alpha value is -1.12. The molecule has 16 heavy (non-hydrogen) atoms. The van der Waals surface area contributed by atoms with E-state index in [0.717, 1.165) is 28.6 Å². The van der Waals surface area contributed by atoms with E-state index in [1.54, 1.807) is 11.8 Å². The Kier molecular flexibility index (Phi) is 4.71. The zero-order valence-electron chi connectivity index (χ0n) is 10.1. The molecule has 0 saturated heterocycles. The molecule has 0 N–H and O–H groups in total. The second-order valence-electron chi connectivity index (χ2n) is 3.85. The van der Waals surface area contributed by atoms with Gasteiger partial charge in [-0.05, 0) is 33.5 Å². The van der Waals surface area contributed by atoms with Crippen molar-refractivity contribution in [3.05, 3.63) is 16.8 Å². The third-order valence-corrected chi connectivity index (χ3v) is 3.26. The van der Waals surface area contributed by atoms with E-state index in [-0.39, 0.29) is 0 Å². The summed E-state index contributed by atoms with van der Waals surface area (Å²) in [6.07, 6.45) is 0. The molecule has 0 aromatic carbocycles. The molecule has 0 spiro atoms. The first-order chi connectivity index (χ1) is 7.56. The number of rotatable bonds is 4. The number of hydrogen-bond acceptors (Lipinski definition) is 5. The highest BCUT2D eigenvalue weighted by atomic mass is 32.2. The first-order valence-corrected chi connectivity index (χ1v) is 6.06. The number of nitrogens with zero attached hydrogens (tertiary/aromatic N) is 4. The minimum absolute atomic E-state index is 0.663. The van der Waals surface area contributed by atoms with Crippen molar-refractivity contribution in [3.8, 4) is 6.07 Å². The minimum atomic E-state index is 0.663. The maximum absolute atomic E-state index is 9.09. The fourth-order valence-electron chi connectivity index (χ4n) is 1.14. The van der Waals surface area contributed by atoms with Crippen molar-refractivity contribution in [2.45, 2.75) is 18.9 Å². The molecular weight excluding hydrogens is 220 g/mol. The van der Waals surface area contributed by atoms with Gasteiger partial charge in [0, 0.05) is 12.3 Å². The molecule has 1 rings (SSSR count). The van der Waals surface area contributed by atoms with Gasteiger partial charge in [0.25, 0.3) is 0 Å². The Labute approximate surface area is 101 Å². The third kappa shape index (κ3) is 3.19. The van der Waals surface area contributed by atoms with Gasteiger partial charge in [0.1, 0.15) is 11.1 Å². The van der Waals surface area contributed by atoms with Crippen LogP contribution in [0.4, 0.5) is 0 Å².